The number of nitrogens with zero attached hydrogens (tertiary/aromatic N) is 2. The van der Waals surface area contributed by atoms with Crippen LogP contribution in [0.5, 0.6) is 0 Å². The van der Waals surface area contributed by atoms with Gasteiger partial charge in [-0.3, -0.25) is 9.59 Å². The van der Waals surface area contributed by atoms with Crippen LogP contribution in [-0.2, 0) is 22.2 Å². The molecule has 0 saturated heterocycles. The lowest BCUT2D eigenvalue weighted by molar-refractivity contribution is -0.270. The lowest BCUT2D eigenvalue weighted by atomic mass is 9.97. The van der Waals surface area contributed by atoms with Crippen molar-refractivity contribution in [1.82, 2.24) is 9.55 Å². The molecule has 2 aromatic rings. The van der Waals surface area contributed by atoms with Crippen LogP contribution in [0.15, 0.2) is 36.7 Å². The normalized spacial score (nSPS) is 16.3. The van der Waals surface area contributed by atoms with Crippen molar-refractivity contribution in [3.8, 4) is 0 Å². The fourth-order valence-corrected chi connectivity index (χ4v) is 2.73. The van der Waals surface area contributed by atoms with Crippen molar-refractivity contribution in [3.05, 3.63) is 42.5 Å². The SMILES string of the molecule is Cn1ccnc1C(O)(CC(=O)Nc1ccc(NC(=O)C2CC2)cc1)C(F)(F)F. The molecule has 2 amide bonds. The van der Waals surface area contributed by atoms with E-state index >= 15 is 0 Å². The summed E-state index contributed by atoms with van der Waals surface area (Å²) < 4.78 is 41.4. The third-order valence-electron chi connectivity index (χ3n) is 4.46. The van der Waals surface area contributed by atoms with Gasteiger partial charge < -0.3 is 20.3 Å². The van der Waals surface area contributed by atoms with E-state index in [9.17, 15) is 27.9 Å². The molecular weight excluding hydrogens is 377 g/mol. The summed E-state index contributed by atoms with van der Waals surface area (Å²) >= 11 is 0. The summed E-state index contributed by atoms with van der Waals surface area (Å²) in [4.78, 5) is 27.4. The largest absolute Gasteiger partial charge is 0.425 e. The Bertz CT molecular complexity index is 875. The Morgan fingerprint density at radius 3 is 2.21 bits per heavy atom. The summed E-state index contributed by atoms with van der Waals surface area (Å²) in [5.74, 6) is -1.75. The molecule has 0 bridgehead atoms. The molecule has 1 aromatic heterocycles. The molecule has 1 unspecified atom stereocenters. The van der Waals surface area contributed by atoms with Crippen molar-refractivity contribution in [3.63, 3.8) is 0 Å². The zero-order chi connectivity index (χ0) is 20.5. The van der Waals surface area contributed by atoms with Crippen molar-refractivity contribution < 1.29 is 27.9 Å². The predicted octanol–water partition coefficient (Wildman–Crippen LogP) is 2.55. The Hall–Kier alpha value is -2.88. The average molecular weight is 396 g/mol. The summed E-state index contributed by atoms with van der Waals surface area (Å²) in [5.41, 5.74) is -2.67. The van der Waals surface area contributed by atoms with Crippen LogP contribution in [0, 0.1) is 5.92 Å². The van der Waals surface area contributed by atoms with Crippen LogP contribution in [0.3, 0.4) is 0 Å². The molecule has 0 radical (unpaired) electrons. The molecule has 3 N–H and O–H groups in total. The zero-order valence-electron chi connectivity index (χ0n) is 15.0. The summed E-state index contributed by atoms with van der Waals surface area (Å²) in [7, 11) is 1.30. The zero-order valence-corrected chi connectivity index (χ0v) is 15.0. The second-order valence-corrected chi connectivity index (χ2v) is 6.79. The van der Waals surface area contributed by atoms with Crippen molar-refractivity contribution in [2.24, 2.45) is 13.0 Å². The number of amides is 2. The first-order valence-electron chi connectivity index (χ1n) is 8.58. The smallest absolute Gasteiger partial charge is 0.374 e. The van der Waals surface area contributed by atoms with Gasteiger partial charge in [0.1, 0.15) is 0 Å². The molecule has 1 saturated carbocycles. The second-order valence-electron chi connectivity index (χ2n) is 6.79. The summed E-state index contributed by atoms with van der Waals surface area (Å²) in [5, 5.41) is 15.3. The minimum Gasteiger partial charge on any atom is -0.374 e. The number of nitrogens with one attached hydrogen (secondary N) is 2. The monoisotopic (exact) mass is 396 g/mol. The Morgan fingerprint density at radius 1 is 1.18 bits per heavy atom. The number of alkyl halides is 3. The molecule has 28 heavy (non-hydrogen) atoms. The molecule has 1 heterocycles. The summed E-state index contributed by atoms with van der Waals surface area (Å²) in [6, 6.07) is 5.97. The van der Waals surface area contributed by atoms with E-state index in [1.54, 1.807) is 0 Å². The van der Waals surface area contributed by atoms with E-state index in [2.05, 4.69) is 15.6 Å². The lowest BCUT2D eigenvalue weighted by Crippen LogP contribution is -2.46. The van der Waals surface area contributed by atoms with E-state index in [0.29, 0.717) is 5.69 Å². The highest BCUT2D eigenvalue weighted by atomic mass is 19.4. The van der Waals surface area contributed by atoms with Gasteiger partial charge in [0.05, 0.1) is 6.42 Å². The van der Waals surface area contributed by atoms with Gasteiger partial charge in [0.15, 0.2) is 5.82 Å². The molecule has 150 valence electrons. The highest BCUT2D eigenvalue weighted by Gasteiger charge is 2.58. The Labute approximate surface area is 158 Å². The van der Waals surface area contributed by atoms with Crippen LogP contribution in [-0.4, -0.2) is 32.6 Å². The summed E-state index contributed by atoms with van der Waals surface area (Å²) in [6.45, 7) is 0. The number of anilines is 2. The molecular formula is C18H19F3N4O3. The number of halogens is 3. The first-order chi connectivity index (χ1) is 13.1. The van der Waals surface area contributed by atoms with Crippen molar-refractivity contribution in [2.45, 2.75) is 31.0 Å². The van der Waals surface area contributed by atoms with Gasteiger partial charge in [-0.15, -0.1) is 0 Å². The lowest BCUT2D eigenvalue weighted by Gasteiger charge is -2.29. The first kappa shape index (κ1) is 19.9. The minimum absolute atomic E-state index is 0.0329. The van der Waals surface area contributed by atoms with E-state index in [1.807, 2.05) is 0 Å². The van der Waals surface area contributed by atoms with Crippen LogP contribution in [0.4, 0.5) is 24.5 Å². The third kappa shape index (κ3) is 4.16. The molecule has 1 aromatic carbocycles. The average Bonchev–Trinajstić information content (AvgIpc) is 3.37. The van der Waals surface area contributed by atoms with Crippen molar-refractivity contribution in [1.29, 1.82) is 0 Å². The molecule has 10 heteroatoms. The number of carbonyl (C=O) groups excluding carboxylic acids is 2. The molecule has 0 aliphatic heterocycles. The van der Waals surface area contributed by atoms with Gasteiger partial charge in [0.25, 0.3) is 0 Å². The molecule has 7 nitrogen and oxygen atoms in total. The van der Waals surface area contributed by atoms with Crippen molar-refractivity contribution in [2.75, 3.05) is 10.6 Å². The fourth-order valence-electron chi connectivity index (χ4n) is 2.73. The number of imidazole rings is 1. The molecule has 1 atom stereocenters. The Balaban J connectivity index is 1.68. The maximum absolute atomic E-state index is 13.5. The molecule has 3 rings (SSSR count). The minimum atomic E-state index is -5.10. The maximum atomic E-state index is 13.5. The van der Waals surface area contributed by atoms with Gasteiger partial charge in [-0.05, 0) is 37.1 Å². The third-order valence-corrected chi connectivity index (χ3v) is 4.46. The molecule has 1 aliphatic rings. The second kappa shape index (κ2) is 7.27. The summed E-state index contributed by atoms with van der Waals surface area (Å²) in [6.07, 6.45) is -2.27. The van der Waals surface area contributed by atoms with Gasteiger partial charge >= 0.3 is 6.18 Å². The number of aromatic nitrogens is 2. The number of hydrogen-bond acceptors (Lipinski definition) is 4. The fraction of sp³-hybridized carbons (Fsp3) is 0.389. The van der Waals surface area contributed by atoms with Crippen molar-refractivity contribution >= 4 is 23.2 Å². The highest BCUT2D eigenvalue weighted by molar-refractivity contribution is 5.95. The van der Waals surface area contributed by atoms with E-state index in [4.69, 9.17) is 0 Å². The van der Waals surface area contributed by atoms with Crippen LogP contribution < -0.4 is 10.6 Å². The van der Waals surface area contributed by atoms with Gasteiger partial charge in [0, 0.05) is 36.7 Å². The van der Waals surface area contributed by atoms with Crippen LogP contribution in [0.1, 0.15) is 25.1 Å². The highest BCUT2D eigenvalue weighted by Crippen LogP contribution is 2.41. The van der Waals surface area contributed by atoms with E-state index in [-0.39, 0.29) is 17.5 Å². The van der Waals surface area contributed by atoms with Crippen LogP contribution in [0.2, 0.25) is 0 Å². The number of benzene rings is 1. The number of rotatable bonds is 6. The van der Waals surface area contributed by atoms with Crippen LogP contribution in [0.25, 0.3) is 0 Å². The standard InChI is InChI=1S/C18H19F3N4O3/c1-25-9-8-22-16(25)17(28,18(19,20)21)10-14(26)23-12-4-6-13(7-5-12)24-15(27)11-2-3-11/h4-9,11,28H,2-3,10H2,1H3,(H,23,26)(H,24,27). The number of hydrogen-bond donors (Lipinski definition) is 3. The first-order valence-corrected chi connectivity index (χ1v) is 8.58. The van der Waals surface area contributed by atoms with Gasteiger partial charge in [-0.25, -0.2) is 4.98 Å². The molecule has 1 fully saturated rings. The van der Waals surface area contributed by atoms with Crippen LogP contribution >= 0.6 is 0 Å². The molecule has 1 aliphatic carbocycles. The predicted molar refractivity (Wildman–Crippen MR) is 94.2 cm³/mol. The number of aliphatic hydroxyl groups is 1. The topological polar surface area (TPSA) is 96.2 Å². The van der Waals surface area contributed by atoms with E-state index < -0.39 is 29.9 Å². The van der Waals surface area contributed by atoms with Gasteiger partial charge in [-0.1, -0.05) is 0 Å². The van der Waals surface area contributed by atoms with Gasteiger partial charge in [0.2, 0.25) is 17.4 Å². The molecule has 0 spiro atoms. The van der Waals surface area contributed by atoms with Gasteiger partial charge in [-0.2, -0.15) is 13.2 Å². The van der Waals surface area contributed by atoms with E-state index in [1.165, 1.54) is 37.5 Å². The van der Waals surface area contributed by atoms with E-state index in [0.717, 1.165) is 23.6 Å². The Morgan fingerprint density at radius 2 is 1.75 bits per heavy atom. The maximum Gasteiger partial charge on any atom is 0.425 e. The Kier molecular flexibility index (Phi) is 5.16. The number of carbonyl (C=O) groups is 2. The number of aryl methyl sites for hydroxylation is 1. The quantitative estimate of drug-likeness (QED) is 0.699.